The Morgan fingerprint density at radius 2 is 2.11 bits per heavy atom. The summed E-state index contributed by atoms with van der Waals surface area (Å²) in [6.45, 7) is 2.21. The number of amides is 1. The third-order valence-electron chi connectivity index (χ3n) is 4.48. The van der Waals surface area contributed by atoms with Gasteiger partial charge < -0.3 is 10.1 Å². The number of methoxy groups -OCH3 is 1. The van der Waals surface area contributed by atoms with E-state index in [0.717, 1.165) is 17.7 Å². The van der Waals surface area contributed by atoms with Crippen molar-refractivity contribution >= 4 is 39.3 Å². The third-order valence-corrected chi connectivity index (χ3v) is 7.55. The topological polar surface area (TPSA) is 92.8 Å². The molecule has 28 heavy (non-hydrogen) atoms. The number of esters is 1. The number of rotatable bonds is 9. The Bertz CT molecular complexity index is 782. The molecule has 2 rings (SSSR count). The molecule has 1 aromatic carbocycles. The summed E-state index contributed by atoms with van der Waals surface area (Å²) < 4.78 is 31.0. The molecule has 1 atom stereocenters. The van der Waals surface area contributed by atoms with Crippen molar-refractivity contribution in [2.75, 3.05) is 30.5 Å². The molecular formula is C19H28N2O5S2. The molecule has 0 bridgehead atoms. The van der Waals surface area contributed by atoms with Gasteiger partial charge in [0, 0.05) is 22.9 Å². The van der Waals surface area contributed by atoms with Crippen LogP contribution in [0.2, 0.25) is 0 Å². The number of nitrogens with one attached hydrogen (secondary N) is 1. The lowest BCUT2D eigenvalue weighted by atomic mass is 10.0. The molecule has 0 saturated carbocycles. The largest absolute Gasteiger partial charge is 0.469 e. The number of hydrogen-bond acceptors (Lipinski definition) is 6. The first-order valence-electron chi connectivity index (χ1n) is 9.47. The van der Waals surface area contributed by atoms with Crippen molar-refractivity contribution in [3.63, 3.8) is 0 Å². The van der Waals surface area contributed by atoms with Gasteiger partial charge in [-0.25, -0.2) is 8.42 Å². The number of thioether (sulfide) groups is 1. The Morgan fingerprint density at radius 1 is 1.32 bits per heavy atom. The molecule has 1 aromatic rings. The maximum absolute atomic E-state index is 12.8. The van der Waals surface area contributed by atoms with Crippen LogP contribution >= 0.6 is 11.8 Å². The molecule has 1 heterocycles. The van der Waals surface area contributed by atoms with Gasteiger partial charge in [-0.1, -0.05) is 19.4 Å². The minimum absolute atomic E-state index is 0.0586. The summed E-state index contributed by atoms with van der Waals surface area (Å²) in [4.78, 5) is 24.9. The molecule has 0 aromatic heterocycles. The summed E-state index contributed by atoms with van der Waals surface area (Å²) >= 11 is 1.49. The zero-order chi connectivity index (χ0) is 20.6. The van der Waals surface area contributed by atoms with E-state index in [1.165, 1.54) is 23.2 Å². The lowest BCUT2D eigenvalue weighted by Crippen LogP contribution is -2.50. The number of carbonyl (C=O) groups is 2. The second-order valence-corrected chi connectivity index (χ2v) is 9.84. The number of sulfonamides is 1. The molecule has 1 aliphatic heterocycles. The van der Waals surface area contributed by atoms with Gasteiger partial charge in [0.25, 0.3) is 0 Å². The first kappa shape index (κ1) is 22.7. The molecule has 0 spiro atoms. The molecule has 0 unspecified atom stereocenters. The molecule has 1 amide bonds. The van der Waals surface area contributed by atoms with Gasteiger partial charge >= 0.3 is 5.97 Å². The second-order valence-electron chi connectivity index (χ2n) is 6.63. The normalized spacial score (nSPS) is 17.9. The Morgan fingerprint density at radius 3 is 2.82 bits per heavy atom. The van der Waals surface area contributed by atoms with E-state index in [4.69, 9.17) is 0 Å². The smallest absolute Gasteiger partial charge is 0.306 e. The van der Waals surface area contributed by atoms with E-state index in [1.54, 1.807) is 6.07 Å². The summed E-state index contributed by atoms with van der Waals surface area (Å²) in [5, 5.41) is 2.86. The average molecular weight is 429 g/mol. The van der Waals surface area contributed by atoms with Crippen LogP contribution in [0.25, 0.3) is 0 Å². The van der Waals surface area contributed by atoms with Crippen LogP contribution in [0.5, 0.6) is 0 Å². The lowest BCUT2D eigenvalue weighted by molar-refractivity contribution is -0.140. The fourth-order valence-corrected chi connectivity index (χ4v) is 5.75. The Kier molecular flexibility index (Phi) is 8.78. The van der Waals surface area contributed by atoms with E-state index in [2.05, 4.69) is 10.1 Å². The number of benzene rings is 1. The fraction of sp³-hybridized carbons (Fsp3) is 0.579. The van der Waals surface area contributed by atoms with Crippen molar-refractivity contribution in [3.05, 3.63) is 24.3 Å². The monoisotopic (exact) mass is 428 g/mol. The van der Waals surface area contributed by atoms with E-state index in [-0.39, 0.29) is 17.6 Å². The van der Waals surface area contributed by atoms with Crippen molar-refractivity contribution < 1.29 is 22.7 Å². The average Bonchev–Trinajstić information content (AvgIpc) is 2.68. The van der Waals surface area contributed by atoms with Crippen LogP contribution in [-0.2, 0) is 24.3 Å². The maximum Gasteiger partial charge on any atom is 0.306 e. The fourth-order valence-electron chi connectivity index (χ4n) is 3.12. The van der Waals surface area contributed by atoms with Gasteiger partial charge in [-0.2, -0.15) is 4.31 Å². The molecule has 1 fully saturated rings. The molecule has 0 radical (unpaired) electrons. The first-order chi connectivity index (χ1) is 13.4. The number of carbonyl (C=O) groups excluding carboxylic acids is 2. The zero-order valence-corrected chi connectivity index (χ0v) is 18.0. The molecule has 9 heteroatoms. The highest BCUT2D eigenvalue weighted by Crippen LogP contribution is 2.25. The van der Waals surface area contributed by atoms with Gasteiger partial charge in [0.05, 0.1) is 19.3 Å². The van der Waals surface area contributed by atoms with E-state index in [1.807, 2.05) is 25.1 Å². The summed E-state index contributed by atoms with van der Waals surface area (Å²) in [5.74, 6) is 0.0810. The number of ether oxygens (including phenoxy) is 1. The molecule has 1 aliphatic rings. The van der Waals surface area contributed by atoms with E-state index in [9.17, 15) is 18.0 Å². The standard InChI is InChI=1S/C19H28N2O5S2/c1-3-13-28(24,25)21-11-5-4-9-17(21)19(23)20-15-7-6-8-16(14-15)27-12-10-18(22)26-2/h6-8,14,17H,3-5,9-13H2,1-2H3,(H,20,23)/t17-/m1/s1. The highest BCUT2D eigenvalue weighted by atomic mass is 32.2. The SMILES string of the molecule is CCCS(=O)(=O)N1CCCC[C@@H]1C(=O)Nc1cccc(SCCC(=O)OC)c1. The Balaban J connectivity index is 2.02. The van der Waals surface area contributed by atoms with Crippen LogP contribution < -0.4 is 5.32 Å². The van der Waals surface area contributed by atoms with E-state index >= 15 is 0 Å². The van der Waals surface area contributed by atoms with Crippen LogP contribution in [-0.4, -0.2) is 55.8 Å². The van der Waals surface area contributed by atoms with Gasteiger partial charge in [-0.15, -0.1) is 11.8 Å². The van der Waals surface area contributed by atoms with Gasteiger partial charge in [-0.05, 0) is 37.5 Å². The summed E-state index contributed by atoms with van der Waals surface area (Å²) in [7, 11) is -2.07. The number of hydrogen-bond donors (Lipinski definition) is 1. The number of anilines is 1. The van der Waals surface area contributed by atoms with E-state index in [0.29, 0.717) is 37.2 Å². The van der Waals surface area contributed by atoms with Crippen LogP contribution in [0.15, 0.2) is 29.2 Å². The highest BCUT2D eigenvalue weighted by molar-refractivity contribution is 7.99. The van der Waals surface area contributed by atoms with Crippen LogP contribution in [0.1, 0.15) is 39.0 Å². The van der Waals surface area contributed by atoms with Crippen molar-refractivity contribution in [2.24, 2.45) is 0 Å². The molecular weight excluding hydrogens is 400 g/mol. The molecule has 0 aliphatic carbocycles. The van der Waals surface area contributed by atoms with Crippen molar-refractivity contribution in [3.8, 4) is 0 Å². The van der Waals surface area contributed by atoms with Gasteiger partial charge in [0.2, 0.25) is 15.9 Å². The highest BCUT2D eigenvalue weighted by Gasteiger charge is 2.36. The van der Waals surface area contributed by atoms with Gasteiger partial charge in [0.1, 0.15) is 6.04 Å². The van der Waals surface area contributed by atoms with Crippen molar-refractivity contribution in [1.29, 1.82) is 0 Å². The van der Waals surface area contributed by atoms with Crippen LogP contribution in [0.4, 0.5) is 5.69 Å². The number of piperidine rings is 1. The summed E-state index contributed by atoms with van der Waals surface area (Å²) in [6, 6.07) is 6.66. The predicted octanol–water partition coefficient (Wildman–Crippen LogP) is 2.87. The van der Waals surface area contributed by atoms with Crippen LogP contribution in [0, 0.1) is 0 Å². The maximum atomic E-state index is 12.8. The zero-order valence-electron chi connectivity index (χ0n) is 16.3. The summed E-state index contributed by atoms with van der Waals surface area (Å²) in [5.41, 5.74) is 0.617. The molecule has 1 N–H and O–H groups in total. The Labute approximate surface area is 171 Å². The predicted molar refractivity (Wildman–Crippen MR) is 111 cm³/mol. The minimum atomic E-state index is -3.43. The molecule has 7 nitrogen and oxygen atoms in total. The van der Waals surface area contributed by atoms with E-state index < -0.39 is 16.1 Å². The first-order valence-corrected chi connectivity index (χ1v) is 12.1. The van der Waals surface area contributed by atoms with Gasteiger partial charge in [-0.3, -0.25) is 9.59 Å². The quantitative estimate of drug-likeness (QED) is 0.480. The van der Waals surface area contributed by atoms with Crippen molar-refractivity contribution in [1.82, 2.24) is 4.31 Å². The number of nitrogens with zero attached hydrogens (tertiary/aromatic N) is 1. The van der Waals surface area contributed by atoms with Crippen molar-refractivity contribution in [2.45, 2.75) is 50.0 Å². The molecule has 1 saturated heterocycles. The molecule has 156 valence electrons. The minimum Gasteiger partial charge on any atom is -0.469 e. The lowest BCUT2D eigenvalue weighted by Gasteiger charge is -2.33. The van der Waals surface area contributed by atoms with Gasteiger partial charge in [0.15, 0.2) is 0 Å². The third kappa shape index (κ3) is 6.49. The van der Waals surface area contributed by atoms with Crippen LogP contribution in [0.3, 0.4) is 0 Å². The second kappa shape index (κ2) is 10.8. The summed E-state index contributed by atoms with van der Waals surface area (Å²) in [6.07, 6.45) is 2.98. The Hall–Kier alpha value is -1.58.